The van der Waals surface area contributed by atoms with Crippen LogP contribution in [0, 0.1) is 5.92 Å². The fourth-order valence-electron chi connectivity index (χ4n) is 2.37. The highest BCUT2D eigenvalue weighted by Crippen LogP contribution is 2.11. The molecule has 0 spiro atoms. The molecule has 0 aromatic rings. The first kappa shape index (κ1) is 18.6. The Balaban J connectivity index is 2.48. The van der Waals surface area contributed by atoms with Gasteiger partial charge in [0, 0.05) is 31.3 Å². The molecule has 1 atom stereocenters. The fraction of sp³-hybridized carbons (Fsp3) is 0.750. The Bertz CT molecular complexity index is 388. The van der Waals surface area contributed by atoms with Gasteiger partial charge >= 0.3 is 11.9 Å². The van der Waals surface area contributed by atoms with Crippen LogP contribution in [-0.4, -0.2) is 61.4 Å². The minimum atomic E-state index is -1.12. The first-order valence-electron chi connectivity index (χ1n) is 7.93. The van der Waals surface area contributed by atoms with E-state index in [1.807, 2.05) is 6.92 Å². The summed E-state index contributed by atoms with van der Waals surface area (Å²) in [5.74, 6) is -1.34. The van der Waals surface area contributed by atoms with Gasteiger partial charge in [-0.25, -0.2) is 9.59 Å². The number of carbonyl (C=O) groups excluding carboxylic acids is 1. The Kier molecular flexibility index (Phi) is 8.77. The number of morpholine rings is 1. The molecular formula is C16H27NO5. The Hall–Kier alpha value is -1.40. The zero-order valence-corrected chi connectivity index (χ0v) is 13.5. The molecular weight excluding hydrogens is 286 g/mol. The van der Waals surface area contributed by atoms with E-state index in [-0.39, 0.29) is 5.57 Å². The molecule has 1 N–H and O–H groups in total. The van der Waals surface area contributed by atoms with E-state index in [0.717, 1.165) is 32.0 Å². The van der Waals surface area contributed by atoms with Gasteiger partial charge < -0.3 is 14.6 Å². The molecule has 0 aliphatic carbocycles. The lowest BCUT2D eigenvalue weighted by Gasteiger charge is -2.26. The summed E-state index contributed by atoms with van der Waals surface area (Å²) >= 11 is 0. The summed E-state index contributed by atoms with van der Waals surface area (Å²) in [6, 6.07) is 0. The molecule has 1 saturated heterocycles. The standard InChI is InChI=1S/C16H27NO5/c1-3-4-13(2)12-22-16(20)14(11-15(18)19)5-6-17-7-9-21-10-8-17/h11,13H,3-10,12H2,1-2H3,(H,18,19)/b14-11+. The minimum Gasteiger partial charge on any atom is -0.478 e. The topological polar surface area (TPSA) is 76.1 Å². The highest BCUT2D eigenvalue weighted by molar-refractivity contribution is 5.95. The number of aliphatic carboxylic acids is 1. The lowest BCUT2D eigenvalue weighted by atomic mass is 10.1. The van der Waals surface area contributed by atoms with E-state index in [4.69, 9.17) is 14.6 Å². The van der Waals surface area contributed by atoms with Crippen molar-refractivity contribution < 1.29 is 24.2 Å². The number of carboxylic acid groups (broad SMARTS) is 1. The average molecular weight is 313 g/mol. The van der Waals surface area contributed by atoms with Crippen LogP contribution >= 0.6 is 0 Å². The van der Waals surface area contributed by atoms with E-state index in [9.17, 15) is 9.59 Å². The van der Waals surface area contributed by atoms with Crippen LogP contribution in [-0.2, 0) is 19.1 Å². The summed E-state index contributed by atoms with van der Waals surface area (Å²) in [4.78, 5) is 25.1. The van der Waals surface area contributed by atoms with Gasteiger partial charge in [0.05, 0.1) is 19.8 Å². The molecule has 1 aliphatic rings. The lowest BCUT2D eigenvalue weighted by molar-refractivity contribution is -0.141. The van der Waals surface area contributed by atoms with Crippen molar-refractivity contribution >= 4 is 11.9 Å². The van der Waals surface area contributed by atoms with Gasteiger partial charge in [-0.1, -0.05) is 20.3 Å². The zero-order valence-electron chi connectivity index (χ0n) is 13.5. The van der Waals surface area contributed by atoms with E-state index in [2.05, 4.69) is 11.8 Å². The molecule has 0 aromatic heterocycles. The predicted octanol–water partition coefficient (Wildman–Crippen LogP) is 1.70. The predicted molar refractivity (Wildman–Crippen MR) is 82.6 cm³/mol. The molecule has 0 amide bonds. The van der Waals surface area contributed by atoms with Crippen molar-refractivity contribution in [3.8, 4) is 0 Å². The van der Waals surface area contributed by atoms with Gasteiger partial charge in [-0.2, -0.15) is 0 Å². The Morgan fingerprint density at radius 3 is 2.64 bits per heavy atom. The monoisotopic (exact) mass is 313 g/mol. The number of hydrogen-bond acceptors (Lipinski definition) is 5. The summed E-state index contributed by atoms with van der Waals surface area (Å²) in [6.45, 7) is 8.05. The SMILES string of the molecule is CCCC(C)COC(=O)/C(=C/C(=O)O)CCN1CCOCC1. The van der Waals surface area contributed by atoms with Crippen molar-refractivity contribution in [3.05, 3.63) is 11.6 Å². The van der Waals surface area contributed by atoms with Crippen molar-refractivity contribution in [2.24, 2.45) is 5.92 Å². The molecule has 0 saturated carbocycles. The molecule has 1 aliphatic heterocycles. The maximum absolute atomic E-state index is 12.1. The normalized spacial score (nSPS) is 18.0. The zero-order chi connectivity index (χ0) is 16.4. The van der Waals surface area contributed by atoms with Crippen LogP contribution in [0.25, 0.3) is 0 Å². The number of rotatable bonds is 9. The molecule has 6 nitrogen and oxygen atoms in total. The third kappa shape index (κ3) is 7.56. The van der Waals surface area contributed by atoms with Crippen molar-refractivity contribution in [1.82, 2.24) is 4.90 Å². The summed E-state index contributed by atoms with van der Waals surface area (Å²) in [6.07, 6.45) is 3.37. The lowest BCUT2D eigenvalue weighted by Crippen LogP contribution is -2.37. The molecule has 0 bridgehead atoms. The third-order valence-electron chi connectivity index (χ3n) is 3.64. The molecule has 1 heterocycles. The van der Waals surface area contributed by atoms with Crippen molar-refractivity contribution in [2.75, 3.05) is 39.5 Å². The summed E-state index contributed by atoms with van der Waals surface area (Å²) < 4.78 is 10.5. The summed E-state index contributed by atoms with van der Waals surface area (Å²) in [5.41, 5.74) is 0.225. The molecule has 22 heavy (non-hydrogen) atoms. The van der Waals surface area contributed by atoms with Gasteiger partial charge in [-0.3, -0.25) is 4.90 Å². The van der Waals surface area contributed by atoms with Crippen LogP contribution in [0.1, 0.15) is 33.1 Å². The van der Waals surface area contributed by atoms with Gasteiger partial charge in [0.2, 0.25) is 0 Å². The largest absolute Gasteiger partial charge is 0.478 e. The number of ether oxygens (including phenoxy) is 2. The van der Waals surface area contributed by atoms with Crippen molar-refractivity contribution in [3.63, 3.8) is 0 Å². The summed E-state index contributed by atoms with van der Waals surface area (Å²) in [7, 11) is 0. The van der Waals surface area contributed by atoms with E-state index >= 15 is 0 Å². The fourth-order valence-corrected chi connectivity index (χ4v) is 2.37. The first-order valence-corrected chi connectivity index (χ1v) is 7.93. The maximum atomic E-state index is 12.1. The van der Waals surface area contributed by atoms with Crippen LogP contribution in [0.15, 0.2) is 11.6 Å². The van der Waals surface area contributed by atoms with Crippen LogP contribution in [0.4, 0.5) is 0 Å². The molecule has 1 fully saturated rings. The van der Waals surface area contributed by atoms with E-state index < -0.39 is 11.9 Å². The van der Waals surface area contributed by atoms with Gasteiger partial charge in [0.25, 0.3) is 0 Å². The molecule has 0 aromatic carbocycles. The van der Waals surface area contributed by atoms with E-state index in [1.165, 1.54) is 0 Å². The molecule has 6 heteroatoms. The van der Waals surface area contributed by atoms with Crippen LogP contribution in [0.5, 0.6) is 0 Å². The van der Waals surface area contributed by atoms with Gasteiger partial charge in [-0.15, -0.1) is 0 Å². The van der Waals surface area contributed by atoms with Gasteiger partial charge in [-0.05, 0) is 18.8 Å². The second-order valence-electron chi connectivity index (χ2n) is 5.70. The second-order valence-corrected chi connectivity index (χ2v) is 5.70. The molecule has 1 rings (SSSR count). The number of esters is 1. The highest BCUT2D eigenvalue weighted by atomic mass is 16.5. The number of hydrogen-bond donors (Lipinski definition) is 1. The van der Waals surface area contributed by atoms with Crippen LogP contribution < -0.4 is 0 Å². The highest BCUT2D eigenvalue weighted by Gasteiger charge is 2.17. The summed E-state index contributed by atoms with van der Waals surface area (Å²) in [5, 5.41) is 8.91. The molecule has 0 radical (unpaired) electrons. The molecule has 1 unspecified atom stereocenters. The van der Waals surface area contributed by atoms with Crippen LogP contribution in [0.3, 0.4) is 0 Å². The van der Waals surface area contributed by atoms with E-state index in [0.29, 0.717) is 38.7 Å². The Morgan fingerprint density at radius 2 is 2.05 bits per heavy atom. The smallest absolute Gasteiger partial charge is 0.334 e. The number of nitrogens with zero attached hydrogens (tertiary/aromatic N) is 1. The quantitative estimate of drug-likeness (QED) is 0.516. The van der Waals surface area contributed by atoms with Crippen molar-refractivity contribution in [1.29, 1.82) is 0 Å². The van der Waals surface area contributed by atoms with Crippen LogP contribution in [0.2, 0.25) is 0 Å². The van der Waals surface area contributed by atoms with Gasteiger partial charge in [0.1, 0.15) is 0 Å². The third-order valence-corrected chi connectivity index (χ3v) is 3.64. The molecule has 126 valence electrons. The average Bonchev–Trinajstić information content (AvgIpc) is 2.50. The Morgan fingerprint density at radius 1 is 1.36 bits per heavy atom. The van der Waals surface area contributed by atoms with Gasteiger partial charge in [0.15, 0.2) is 0 Å². The maximum Gasteiger partial charge on any atom is 0.334 e. The number of carbonyl (C=O) groups is 2. The van der Waals surface area contributed by atoms with E-state index in [1.54, 1.807) is 0 Å². The number of carboxylic acids is 1. The minimum absolute atomic E-state index is 0.225. The first-order chi connectivity index (χ1) is 10.5. The van der Waals surface area contributed by atoms with Crippen molar-refractivity contribution in [2.45, 2.75) is 33.1 Å². The second kappa shape index (κ2) is 10.3. The Labute approximate surface area is 132 Å².